The van der Waals surface area contributed by atoms with Crippen LogP contribution in [0.5, 0.6) is 0 Å². The van der Waals surface area contributed by atoms with Gasteiger partial charge in [0.2, 0.25) is 11.8 Å². The molecule has 6 nitrogen and oxygen atoms in total. The Morgan fingerprint density at radius 3 is 3.00 bits per heavy atom. The normalized spacial score (nSPS) is 18.5. The number of carbonyl (C=O) groups is 2. The molecule has 2 aromatic rings. The van der Waals surface area contributed by atoms with Crippen LogP contribution in [0.4, 0.5) is 0 Å². The van der Waals surface area contributed by atoms with Gasteiger partial charge in [-0.15, -0.1) is 11.3 Å². The highest BCUT2D eigenvalue weighted by atomic mass is 32.1. The van der Waals surface area contributed by atoms with Crippen molar-refractivity contribution in [2.75, 3.05) is 6.54 Å². The Balaban J connectivity index is 1.66. The number of amides is 2. The molecule has 128 valence electrons. The molecular formula is C17H22N4O2S. The van der Waals surface area contributed by atoms with Gasteiger partial charge in [0.25, 0.3) is 0 Å². The molecule has 0 aromatic carbocycles. The quantitative estimate of drug-likeness (QED) is 0.872. The van der Waals surface area contributed by atoms with Crippen molar-refractivity contribution in [2.24, 2.45) is 0 Å². The molecule has 7 heteroatoms. The van der Waals surface area contributed by atoms with E-state index >= 15 is 0 Å². The zero-order chi connectivity index (χ0) is 16.9. The fraction of sp³-hybridized carbons (Fsp3) is 0.471. The smallest absolute Gasteiger partial charge is 0.225 e. The van der Waals surface area contributed by atoms with Crippen molar-refractivity contribution in [3.63, 3.8) is 0 Å². The average Bonchev–Trinajstić information content (AvgIpc) is 3.29. The molecule has 24 heavy (non-hydrogen) atoms. The average molecular weight is 346 g/mol. The molecule has 2 aromatic heterocycles. The van der Waals surface area contributed by atoms with Gasteiger partial charge in [0.05, 0.1) is 25.0 Å². The molecule has 1 aliphatic heterocycles. The van der Waals surface area contributed by atoms with Crippen LogP contribution in [0.1, 0.15) is 37.1 Å². The Kier molecular flexibility index (Phi) is 5.30. The van der Waals surface area contributed by atoms with Crippen molar-refractivity contribution in [1.29, 1.82) is 0 Å². The highest BCUT2D eigenvalue weighted by Gasteiger charge is 2.31. The summed E-state index contributed by atoms with van der Waals surface area (Å²) in [5.41, 5.74) is 0. The van der Waals surface area contributed by atoms with Crippen LogP contribution in [-0.4, -0.2) is 39.1 Å². The van der Waals surface area contributed by atoms with E-state index in [4.69, 9.17) is 0 Å². The lowest BCUT2D eigenvalue weighted by atomic mass is 10.1. The largest absolute Gasteiger partial charge is 0.348 e. The molecule has 2 amide bonds. The van der Waals surface area contributed by atoms with Gasteiger partial charge in [-0.2, -0.15) is 5.10 Å². The third kappa shape index (κ3) is 4.03. The van der Waals surface area contributed by atoms with Gasteiger partial charge in [0, 0.05) is 30.7 Å². The predicted octanol–water partition coefficient (Wildman–Crippen LogP) is 2.20. The van der Waals surface area contributed by atoms with Gasteiger partial charge in [0.15, 0.2) is 0 Å². The van der Waals surface area contributed by atoms with Crippen LogP contribution in [-0.2, 0) is 16.1 Å². The van der Waals surface area contributed by atoms with Gasteiger partial charge in [-0.1, -0.05) is 6.07 Å². The summed E-state index contributed by atoms with van der Waals surface area (Å²) in [5.74, 6) is -0.0208. The Labute approximate surface area is 145 Å². The first-order chi connectivity index (χ1) is 11.6. The maximum atomic E-state index is 12.8. The van der Waals surface area contributed by atoms with Gasteiger partial charge < -0.3 is 10.2 Å². The fourth-order valence-electron chi connectivity index (χ4n) is 3.23. The van der Waals surface area contributed by atoms with Crippen LogP contribution in [0.25, 0.3) is 0 Å². The molecule has 1 saturated heterocycles. The predicted molar refractivity (Wildman–Crippen MR) is 92.5 cm³/mol. The van der Waals surface area contributed by atoms with Crippen molar-refractivity contribution >= 4 is 23.2 Å². The summed E-state index contributed by atoms with van der Waals surface area (Å²) < 4.78 is 1.88. The molecule has 2 atom stereocenters. The SMILES string of the molecule is CC(=O)N[C@H](CC(=O)N1CCC[C@@H]1Cn1cccn1)c1cccs1. The van der Waals surface area contributed by atoms with E-state index in [1.54, 1.807) is 17.5 Å². The van der Waals surface area contributed by atoms with Crippen molar-refractivity contribution in [2.45, 2.75) is 44.8 Å². The Hall–Kier alpha value is -2.15. The van der Waals surface area contributed by atoms with E-state index in [0.717, 1.165) is 30.8 Å². The minimum Gasteiger partial charge on any atom is -0.348 e. The van der Waals surface area contributed by atoms with E-state index in [0.29, 0.717) is 6.42 Å². The highest BCUT2D eigenvalue weighted by molar-refractivity contribution is 7.10. The van der Waals surface area contributed by atoms with Crippen molar-refractivity contribution in [3.8, 4) is 0 Å². The monoisotopic (exact) mass is 346 g/mol. The Bertz CT molecular complexity index is 669. The van der Waals surface area contributed by atoms with Crippen LogP contribution in [0.2, 0.25) is 0 Å². The number of likely N-dealkylation sites (tertiary alicyclic amines) is 1. The number of aromatic nitrogens is 2. The van der Waals surface area contributed by atoms with Crippen LogP contribution in [0.15, 0.2) is 36.0 Å². The van der Waals surface area contributed by atoms with E-state index in [9.17, 15) is 9.59 Å². The molecule has 1 N–H and O–H groups in total. The third-order valence-electron chi connectivity index (χ3n) is 4.30. The Morgan fingerprint density at radius 1 is 1.46 bits per heavy atom. The first kappa shape index (κ1) is 16.7. The van der Waals surface area contributed by atoms with E-state index in [2.05, 4.69) is 10.4 Å². The number of nitrogens with one attached hydrogen (secondary N) is 1. The van der Waals surface area contributed by atoms with Crippen LogP contribution >= 0.6 is 11.3 Å². The highest BCUT2D eigenvalue weighted by Crippen LogP contribution is 2.26. The van der Waals surface area contributed by atoms with Gasteiger partial charge in [-0.25, -0.2) is 0 Å². The number of nitrogens with zero attached hydrogens (tertiary/aromatic N) is 3. The number of hydrogen-bond donors (Lipinski definition) is 1. The summed E-state index contributed by atoms with van der Waals surface area (Å²) >= 11 is 1.56. The van der Waals surface area contributed by atoms with E-state index in [1.165, 1.54) is 6.92 Å². The molecule has 1 aliphatic rings. The van der Waals surface area contributed by atoms with E-state index < -0.39 is 0 Å². The van der Waals surface area contributed by atoms with Gasteiger partial charge in [0.1, 0.15) is 0 Å². The summed E-state index contributed by atoms with van der Waals surface area (Å²) in [4.78, 5) is 27.3. The molecule has 1 fully saturated rings. The number of rotatable bonds is 6. The lowest BCUT2D eigenvalue weighted by molar-refractivity contribution is -0.133. The van der Waals surface area contributed by atoms with Crippen molar-refractivity contribution in [3.05, 3.63) is 40.8 Å². The molecule has 0 unspecified atom stereocenters. The fourth-order valence-corrected chi connectivity index (χ4v) is 4.01. The number of thiophene rings is 1. The standard InChI is InChI=1S/C17H22N4O2S/c1-13(22)19-15(16-6-3-10-24-16)11-17(23)21-9-2-5-14(21)12-20-8-4-7-18-20/h3-4,6-8,10,14-15H,2,5,9,11-12H2,1H3,(H,19,22)/t14-,15-/m1/s1. The molecule has 3 rings (SSSR count). The summed E-state index contributed by atoms with van der Waals surface area (Å²) in [6, 6.07) is 5.73. The molecule has 0 radical (unpaired) electrons. The van der Waals surface area contributed by atoms with Crippen LogP contribution in [0.3, 0.4) is 0 Å². The molecular weight excluding hydrogens is 324 g/mol. The van der Waals surface area contributed by atoms with Crippen molar-refractivity contribution < 1.29 is 9.59 Å². The molecule has 0 spiro atoms. The topological polar surface area (TPSA) is 67.2 Å². The maximum Gasteiger partial charge on any atom is 0.225 e. The number of carbonyl (C=O) groups excluding carboxylic acids is 2. The van der Waals surface area contributed by atoms with Crippen LogP contribution in [0, 0.1) is 0 Å². The second-order valence-corrected chi connectivity index (χ2v) is 7.06. The third-order valence-corrected chi connectivity index (χ3v) is 5.28. The second kappa shape index (κ2) is 7.61. The lowest BCUT2D eigenvalue weighted by Crippen LogP contribution is -2.40. The summed E-state index contributed by atoms with van der Waals surface area (Å²) in [6.45, 7) is 2.99. The van der Waals surface area contributed by atoms with E-state index in [1.807, 2.05) is 39.4 Å². The van der Waals surface area contributed by atoms with Gasteiger partial charge in [-0.3, -0.25) is 14.3 Å². The maximum absolute atomic E-state index is 12.8. The molecule has 0 bridgehead atoms. The second-order valence-electron chi connectivity index (χ2n) is 6.08. The first-order valence-corrected chi connectivity index (χ1v) is 9.09. The minimum absolute atomic E-state index is 0.0943. The van der Waals surface area contributed by atoms with Gasteiger partial charge in [-0.05, 0) is 30.4 Å². The van der Waals surface area contributed by atoms with Gasteiger partial charge >= 0.3 is 0 Å². The molecule has 0 saturated carbocycles. The zero-order valence-electron chi connectivity index (χ0n) is 13.7. The minimum atomic E-state index is -0.249. The van der Waals surface area contributed by atoms with E-state index in [-0.39, 0.29) is 23.9 Å². The number of hydrogen-bond acceptors (Lipinski definition) is 4. The zero-order valence-corrected chi connectivity index (χ0v) is 14.5. The summed E-state index contributed by atoms with van der Waals surface area (Å²) in [6.07, 6.45) is 5.99. The lowest BCUT2D eigenvalue weighted by Gasteiger charge is -2.27. The summed E-state index contributed by atoms with van der Waals surface area (Å²) in [5, 5.41) is 9.10. The molecule has 3 heterocycles. The molecule has 0 aliphatic carbocycles. The van der Waals surface area contributed by atoms with Crippen molar-refractivity contribution in [1.82, 2.24) is 20.0 Å². The van der Waals surface area contributed by atoms with Crippen LogP contribution < -0.4 is 5.32 Å². The Morgan fingerprint density at radius 2 is 2.33 bits per heavy atom. The first-order valence-electron chi connectivity index (χ1n) is 8.21. The summed E-state index contributed by atoms with van der Waals surface area (Å²) in [7, 11) is 0.